The van der Waals surface area contributed by atoms with Crippen LogP contribution in [0, 0.1) is 17.2 Å². The summed E-state index contributed by atoms with van der Waals surface area (Å²) >= 11 is 1.53. The molecule has 2 unspecified atom stereocenters. The summed E-state index contributed by atoms with van der Waals surface area (Å²) < 4.78 is 5.92. The van der Waals surface area contributed by atoms with E-state index in [1.807, 2.05) is 45.5 Å². The number of carbonyl (C=O) groups is 1. The van der Waals surface area contributed by atoms with E-state index in [9.17, 15) is 10.1 Å². The molecule has 1 aliphatic heterocycles. The Balaban J connectivity index is 1.23. The molecule has 2 atom stereocenters. The van der Waals surface area contributed by atoms with E-state index in [2.05, 4.69) is 23.2 Å². The van der Waals surface area contributed by atoms with Gasteiger partial charge in [0.1, 0.15) is 6.07 Å². The highest BCUT2D eigenvalue weighted by atomic mass is 32.1. The van der Waals surface area contributed by atoms with Crippen molar-refractivity contribution in [2.24, 2.45) is 5.92 Å². The molecular formula is C22H20N4O2S. The van der Waals surface area contributed by atoms with Gasteiger partial charge in [-0.1, -0.05) is 36.4 Å². The van der Waals surface area contributed by atoms with Gasteiger partial charge in [0.2, 0.25) is 23.4 Å². The van der Waals surface area contributed by atoms with Crippen LogP contribution < -0.4 is 4.90 Å². The van der Waals surface area contributed by atoms with Crippen LogP contribution in [0.3, 0.4) is 0 Å². The Bertz CT molecular complexity index is 1050. The van der Waals surface area contributed by atoms with Crippen LogP contribution in [0.5, 0.6) is 0 Å². The maximum absolute atomic E-state index is 12.9. The number of oxazole rings is 1. The first-order chi connectivity index (χ1) is 14.2. The largest absolute Gasteiger partial charge is 0.418 e. The summed E-state index contributed by atoms with van der Waals surface area (Å²) in [6, 6.07) is 16.3. The zero-order valence-corrected chi connectivity index (χ0v) is 16.6. The molecule has 3 aromatic rings. The molecule has 2 fully saturated rings. The number of amides is 1. The number of aromatic nitrogens is 1. The van der Waals surface area contributed by atoms with Crippen LogP contribution in [0.1, 0.15) is 23.6 Å². The number of thiophene rings is 1. The van der Waals surface area contributed by atoms with Crippen molar-refractivity contribution >= 4 is 23.1 Å². The second kappa shape index (κ2) is 7.37. The van der Waals surface area contributed by atoms with Crippen LogP contribution in [-0.2, 0) is 4.79 Å². The number of hydrogen-bond donors (Lipinski definition) is 0. The Morgan fingerprint density at radius 2 is 1.93 bits per heavy atom. The molecule has 1 saturated heterocycles. The average Bonchev–Trinajstić information content (AvgIpc) is 3.17. The predicted octanol–water partition coefficient (Wildman–Crippen LogP) is 3.73. The maximum Gasteiger partial charge on any atom is 0.240 e. The molecule has 5 rings (SSSR count). The number of nitriles is 1. The second-order valence-electron chi connectivity index (χ2n) is 7.43. The quantitative estimate of drug-likeness (QED) is 0.662. The van der Waals surface area contributed by atoms with E-state index in [1.54, 1.807) is 0 Å². The first-order valence-electron chi connectivity index (χ1n) is 9.78. The summed E-state index contributed by atoms with van der Waals surface area (Å²) in [6.07, 6.45) is 0.938. The molecule has 146 valence electrons. The van der Waals surface area contributed by atoms with Crippen molar-refractivity contribution in [3.05, 3.63) is 59.1 Å². The Labute approximate surface area is 173 Å². The van der Waals surface area contributed by atoms with Crippen molar-refractivity contribution in [1.29, 1.82) is 5.26 Å². The molecule has 0 spiro atoms. The fraction of sp³-hybridized carbons (Fsp3) is 0.318. The molecule has 29 heavy (non-hydrogen) atoms. The Morgan fingerprint density at radius 3 is 2.62 bits per heavy atom. The molecule has 0 radical (unpaired) electrons. The smallest absolute Gasteiger partial charge is 0.240 e. The number of carbonyl (C=O) groups excluding carboxylic acids is 1. The summed E-state index contributed by atoms with van der Waals surface area (Å²) in [5.41, 5.74) is 1.56. The van der Waals surface area contributed by atoms with E-state index in [4.69, 9.17) is 4.42 Å². The van der Waals surface area contributed by atoms with Gasteiger partial charge in [-0.15, -0.1) is 11.3 Å². The lowest BCUT2D eigenvalue weighted by molar-refractivity contribution is -0.133. The minimum Gasteiger partial charge on any atom is -0.418 e. The monoisotopic (exact) mass is 404 g/mol. The minimum atomic E-state index is 0.106. The fourth-order valence-electron chi connectivity index (χ4n) is 4.01. The topological polar surface area (TPSA) is 73.4 Å². The van der Waals surface area contributed by atoms with Crippen LogP contribution in [-0.4, -0.2) is 42.0 Å². The number of hydrogen-bond acceptors (Lipinski definition) is 6. The van der Waals surface area contributed by atoms with Gasteiger partial charge >= 0.3 is 0 Å². The summed E-state index contributed by atoms with van der Waals surface area (Å²) in [5, 5.41) is 11.4. The Kier molecular flexibility index (Phi) is 4.57. The van der Waals surface area contributed by atoms with E-state index in [0.29, 0.717) is 49.6 Å². The molecule has 7 heteroatoms. The molecule has 2 aliphatic rings. The standard InChI is InChI=1S/C22H20N4O2S/c23-14-18-22(28-20(24-18)19-7-4-12-29-19)26-10-8-25(9-11-26)21(27)17-13-16(17)15-5-2-1-3-6-15/h1-7,12,16-17H,8-11,13H2. The lowest BCUT2D eigenvalue weighted by Crippen LogP contribution is -2.49. The van der Waals surface area contributed by atoms with Gasteiger partial charge in [-0.25, -0.2) is 0 Å². The predicted molar refractivity (Wildman–Crippen MR) is 111 cm³/mol. The highest BCUT2D eigenvalue weighted by Gasteiger charge is 2.46. The first-order valence-corrected chi connectivity index (χ1v) is 10.7. The number of rotatable bonds is 4. The molecule has 2 aromatic heterocycles. The zero-order valence-electron chi connectivity index (χ0n) is 15.8. The third kappa shape index (κ3) is 3.40. The Hall–Kier alpha value is -3.11. The molecule has 0 bridgehead atoms. The second-order valence-corrected chi connectivity index (χ2v) is 8.38. The van der Waals surface area contributed by atoms with Crippen LogP contribution in [0.25, 0.3) is 10.8 Å². The van der Waals surface area contributed by atoms with E-state index in [-0.39, 0.29) is 11.8 Å². The van der Waals surface area contributed by atoms with Gasteiger partial charge < -0.3 is 14.2 Å². The third-order valence-corrected chi connectivity index (χ3v) is 6.52. The van der Waals surface area contributed by atoms with Gasteiger partial charge in [0.25, 0.3) is 0 Å². The summed E-state index contributed by atoms with van der Waals surface area (Å²) in [6.45, 7) is 2.55. The maximum atomic E-state index is 12.9. The van der Waals surface area contributed by atoms with Crippen molar-refractivity contribution in [3.63, 3.8) is 0 Å². The molecule has 6 nitrogen and oxygen atoms in total. The lowest BCUT2D eigenvalue weighted by atomic mass is 10.1. The van der Waals surface area contributed by atoms with Crippen molar-refractivity contribution in [3.8, 4) is 16.8 Å². The van der Waals surface area contributed by atoms with E-state index in [0.717, 1.165) is 11.3 Å². The molecule has 1 amide bonds. The average molecular weight is 404 g/mol. The minimum absolute atomic E-state index is 0.106. The summed E-state index contributed by atoms with van der Waals surface area (Å²) in [4.78, 5) is 22.1. The first kappa shape index (κ1) is 18.0. The molecule has 1 aromatic carbocycles. The lowest BCUT2D eigenvalue weighted by Gasteiger charge is -2.34. The SMILES string of the molecule is N#Cc1nc(-c2cccs2)oc1N1CCN(C(=O)C2CC2c2ccccc2)CC1. The zero-order chi connectivity index (χ0) is 19.8. The van der Waals surface area contributed by atoms with Gasteiger partial charge in [-0.05, 0) is 29.3 Å². The van der Waals surface area contributed by atoms with E-state index < -0.39 is 0 Å². The number of piperazine rings is 1. The molecule has 1 aliphatic carbocycles. The van der Waals surface area contributed by atoms with Gasteiger partial charge in [0.05, 0.1) is 4.88 Å². The number of benzene rings is 1. The summed E-state index contributed by atoms with van der Waals surface area (Å²) in [5.74, 6) is 1.70. The fourth-order valence-corrected chi connectivity index (χ4v) is 4.65. The summed E-state index contributed by atoms with van der Waals surface area (Å²) in [7, 11) is 0. The molecule has 1 saturated carbocycles. The van der Waals surface area contributed by atoms with Crippen LogP contribution in [0.15, 0.2) is 52.3 Å². The van der Waals surface area contributed by atoms with Crippen molar-refractivity contribution in [1.82, 2.24) is 9.88 Å². The van der Waals surface area contributed by atoms with Crippen molar-refractivity contribution < 1.29 is 9.21 Å². The Morgan fingerprint density at radius 1 is 1.14 bits per heavy atom. The van der Waals surface area contributed by atoms with E-state index in [1.165, 1.54) is 16.9 Å². The van der Waals surface area contributed by atoms with Gasteiger partial charge in [0.15, 0.2) is 0 Å². The van der Waals surface area contributed by atoms with E-state index >= 15 is 0 Å². The highest BCUT2D eigenvalue weighted by Crippen LogP contribution is 2.48. The van der Waals surface area contributed by atoms with Crippen LogP contribution in [0.2, 0.25) is 0 Å². The number of anilines is 1. The van der Waals surface area contributed by atoms with Crippen molar-refractivity contribution in [2.45, 2.75) is 12.3 Å². The van der Waals surface area contributed by atoms with Crippen molar-refractivity contribution in [2.75, 3.05) is 31.1 Å². The van der Waals surface area contributed by atoms with Gasteiger partial charge in [-0.2, -0.15) is 10.2 Å². The van der Waals surface area contributed by atoms with Gasteiger partial charge in [0, 0.05) is 32.1 Å². The normalized spacial score (nSPS) is 21.1. The van der Waals surface area contributed by atoms with Gasteiger partial charge in [-0.3, -0.25) is 4.79 Å². The molecule has 3 heterocycles. The third-order valence-electron chi connectivity index (χ3n) is 5.66. The van der Waals surface area contributed by atoms with Crippen LogP contribution in [0.4, 0.5) is 5.88 Å². The molecular weight excluding hydrogens is 384 g/mol. The highest BCUT2D eigenvalue weighted by molar-refractivity contribution is 7.13. The molecule has 0 N–H and O–H groups in total. The number of nitrogens with zero attached hydrogens (tertiary/aromatic N) is 4. The van der Waals surface area contributed by atoms with Crippen LogP contribution >= 0.6 is 11.3 Å².